The van der Waals surface area contributed by atoms with Gasteiger partial charge in [-0.1, -0.05) is 79.3 Å². The minimum absolute atomic E-state index is 0. The van der Waals surface area contributed by atoms with Crippen molar-refractivity contribution >= 4 is 7.82 Å². The first-order valence-corrected chi connectivity index (χ1v) is 8.61. The van der Waals surface area contributed by atoms with E-state index in [1.807, 2.05) is 71.9 Å². The number of rotatable bonds is 1. The first kappa shape index (κ1) is 22.6. The standard InChI is InChI=1S/C11H15O4P.2C2H6.CH4/c1-11(2)8-14-16(12,13)15-10(11)9-6-4-3-5-7-9;2*1-2;/h3-7,10H,8H2,1-2H3,(H,12,13);2*1-2H3;1H4. The number of hydrogen-bond donors (Lipinski definition) is 1. The van der Waals surface area contributed by atoms with Gasteiger partial charge in [0, 0.05) is 5.41 Å². The molecule has 1 N–H and O–H groups in total. The van der Waals surface area contributed by atoms with Gasteiger partial charge >= 0.3 is 7.82 Å². The van der Waals surface area contributed by atoms with Crippen LogP contribution in [0.5, 0.6) is 0 Å². The summed E-state index contributed by atoms with van der Waals surface area (Å²) in [5.74, 6) is 0. The summed E-state index contributed by atoms with van der Waals surface area (Å²) in [7, 11) is -3.89. The van der Waals surface area contributed by atoms with E-state index in [1.54, 1.807) is 0 Å². The zero-order valence-electron chi connectivity index (χ0n) is 13.3. The fourth-order valence-corrected chi connectivity index (χ4v) is 3.00. The van der Waals surface area contributed by atoms with Gasteiger partial charge < -0.3 is 4.89 Å². The molecule has 124 valence electrons. The Bertz CT molecular complexity index is 418. The average Bonchev–Trinajstić information content (AvgIpc) is 2.47. The van der Waals surface area contributed by atoms with Crippen LogP contribution < -0.4 is 0 Å². The van der Waals surface area contributed by atoms with E-state index in [9.17, 15) is 9.46 Å². The number of phosphoric acid groups is 1. The first-order chi connectivity index (χ1) is 9.41. The van der Waals surface area contributed by atoms with Crippen molar-refractivity contribution in [1.29, 1.82) is 0 Å². The third-order valence-electron chi connectivity index (χ3n) is 2.65. The van der Waals surface area contributed by atoms with Gasteiger partial charge in [-0.3, -0.25) is 9.05 Å². The van der Waals surface area contributed by atoms with E-state index < -0.39 is 13.9 Å². The molecule has 1 aliphatic rings. The fraction of sp³-hybridized carbons (Fsp3) is 0.625. The third kappa shape index (κ3) is 6.75. The zero-order chi connectivity index (χ0) is 15.8. The Hall–Kier alpha value is -0.670. The van der Waals surface area contributed by atoms with Crippen molar-refractivity contribution in [3.05, 3.63) is 35.9 Å². The van der Waals surface area contributed by atoms with E-state index in [0.29, 0.717) is 0 Å². The highest BCUT2D eigenvalue weighted by molar-refractivity contribution is 7.47. The lowest BCUT2D eigenvalue weighted by atomic mass is 9.83. The predicted molar refractivity (Wildman–Crippen MR) is 89.3 cm³/mol. The van der Waals surface area contributed by atoms with Crippen molar-refractivity contribution in [1.82, 2.24) is 0 Å². The van der Waals surface area contributed by atoms with Crippen molar-refractivity contribution in [3.63, 3.8) is 0 Å². The van der Waals surface area contributed by atoms with Gasteiger partial charge in [0.1, 0.15) is 6.10 Å². The van der Waals surface area contributed by atoms with Crippen molar-refractivity contribution < 1.29 is 18.5 Å². The Morgan fingerprint density at radius 1 is 1.14 bits per heavy atom. The van der Waals surface area contributed by atoms with Gasteiger partial charge in [-0.05, 0) is 5.56 Å². The van der Waals surface area contributed by atoms with Crippen LogP contribution in [0.3, 0.4) is 0 Å². The summed E-state index contributed by atoms with van der Waals surface area (Å²) in [6.07, 6.45) is -0.418. The molecule has 0 amide bonds. The highest BCUT2D eigenvalue weighted by atomic mass is 31.2. The zero-order valence-corrected chi connectivity index (χ0v) is 14.2. The van der Waals surface area contributed by atoms with Crippen LogP contribution in [0.1, 0.15) is 60.6 Å². The first-order valence-electron chi connectivity index (χ1n) is 7.11. The van der Waals surface area contributed by atoms with Gasteiger partial charge in [-0.15, -0.1) is 0 Å². The quantitative estimate of drug-likeness (QED) is 0.686. The molecule has 1 aromatic rings. The Balaban J connectivity index is 0. The predicted octanol–water partition coefficient (Wildman–Crippen LogP) is 5.59. The number of benzene rings is 1. The summed E-state index contributed by atoms with van der Waals surface area (Å²) in [6, 6.07) is 9.43. The molecule has 1 heterocycles. The van der Waals surface area contributed by atoms with Crippen LogP contribution >= 0.6 is 7.82 Å². The molecule has 2 atom stereocenters. The fourth-order valence-electron chi connectivity index (χ4n) is 1.77. The van der Waals surface area contributed by atoms with Crippen LogP contribution in [0.25, 0.3) is 0 Å². The molecule has 1 aliphatic heterocycles. The molecule has 2 unspecified atom stereocenters. The minimum atomic E-state index is -3.89. The Labute approximate surface area is 130 Å². The SMILES string of the molecule is C.CC.CC.CC1(C)COP(=O)(O)OC1c1ccccc1. The maximum absolute atomic E-state index is 11.4. The van der Waals surface area contributed by atoms with Gasteiger partial charge in [0.25, 0.3) is 0 Å². The van der Waals surface area contributed by atoms with Crippen LogP contribution in [0.4, 0.5) is 0 Å². The average molecular weight is 318 g/mol. The summed E-state index contributed by atoms with van der Waals surface area (Å²) in [5, 5.41) is 0. The van der Waals surface area contributed by atoms with E-state index in [2.05, 4.69) is 0 Å². The second-order valence-electron chi connectivity index (χ2n) is 4.63. The van der Waals surface area contributed by atoms with E-state index in [0.717, 1.165) is 5.56 Å². The summed E-state index contributed by atoms with van der Waals surface area (Å²) in [6.45, 7) is 12.1. The second kappa shape index (κ2) is 10.1. The monoisotopic (exact) mass is 318 g/mol. The summed E-state index contributed by atoms with van der Waals surface area (Å²) >= 11 is 0. The molecule has 0 saturated carbocycles. The van der Waals surface area contributed by atoms with Gasteiger partial charge in [0.15, 0.2) is 0 Å². The largest absolute Gasteiger partial charge is 0.472 e. The molecule has 1 aromatic carbocycles. The highest BCUT2D eigenvalue weighted by Crippen LogP contribution is 2.57. The Morgan fingerprint density at radius 2 is 1.62 bits per heavy atom. The topological polar surface area (TPSA) is 55.8 Å². The lowest BCUT2D eigenvalue weighted by Crippen LogP contribution is -2.33. The molecule has 5 heteroatoms. The molecular formula is C16H31O4P. The van der Waals surface area contributed by atoms with Gasteiger partial charge in [-0.2, -0.15) is 0 Å². The molecular weight excluding hydrogens is 287 g/mol. The lowest BCUT2D eigenvalue weighted by molar-refractivity contribution is -0.0472. The molecule has 0 aromatic heterocycles. The summed E-state index contributed by atoms with van der Waals surface area (Å²) in [5.41, 5.74) is 0.572. The highest BCUT2D eigenvalue weighted by Gasteiger charge is 2.44. The van der Waals surface area contributed by atoms with Crippen molar-refractivity contribution in [2.45, 2.75) is 55.1 Å². The van der Waals surface area contributed by atoms with Gasteiger partial charge in [-0.25, -0.2) is 4.57 Å². The van der Waals surface area contributed by atoms with E-state index in [-0.39, 0.29) is 19.4 Å². The van der Waals surface area contributed by atoms with Crippen molar-refractivity contribution in [3.8, 4) is 0 Å². The van der Waals surface area contributed by atoms with Crippen LogP contribution in [0.2, 0.25) is 0 Å². The van der Waals surface area contributed by atoms with Crippen LogP contribution in [0.15, 0.2) is 30.3 Å². The van der Waals surface area contributed by atoms with Gasteiger partial charge in [0.2, 0.25) is 0 Å². The van der Waals surface area contributed by atoms with Crippen LogP contribution in [-0.4, -0.2) is 11.5 Å². The normalized spacial score (nSPS) is 26.1. The molecule has 0 spiro atoms. The van der Waals surface area contributed by atoms with Gasteiger partial charge in [0.05, 0.1) is 6.61 Å². The Kier molecular flexibility index (Phi) is 10.9. The molecule has 0 bridgehead atoms. The smallest absolute Gasteiger partial charge is 0.302 e. The molecule has 1 fully saturated rings. The second-order valence-corrected chi connectivity index (χ2v) is 6.03. The summed E-state index contributed by atoms with van der Waals surface area (Å²) in [4.78, 5) is 9.35. The maximum Gasteiger partial charge on any atom is 0.472 e. The van der Waals surface area contributed by atoms with E-state index in [4.69, 9.17) is 9.05 Å². The van der Waals surface area contributed by atoms with Crippen molar-refractivity contribution in [2.24, 2.45) is 5.41 Å². The molecule has 4 nitrogen and oxygen atoms in total. The molecule has 0 aliphatic carbocycles. The van der Waals surface area contributed by atoms with Crippen molar-refractivity contribution in [2.75, 3.05) is 6.61 Å². The number of phosphoric ester groups is 1. The molecule has 21 heavy (non-hydrogen) atoms. The number of hydrogen-bond acceptors (Lipinski definition) is 3. The molecule has 0 radical (unpaired) electrons. The summed E-state index contributed by atoms with van der Waals surface area (Å²) < 4.78 is 21.4. The lowest BCUT2D eigenvalue weighted by Gasteiger charge is -2.39. The van der Waals surface area contributed by atoms with Crippen LogP contribution in [-0.2, 0) is 13.6 Å². The molecule has 2 rings (SSSR count). The minimum Gasteiger partial charge on any atom is -0.302 e. The van der Waals surface area contributed by atoms with E-state index >= 15 is 0 Å². The van der Waals surface area contributed by atoms with E-state index in [1.165, 1.54) is 0 Å². The maximum atomic E-state index is 11.4. The van der Waals surface area contributed by atoms with Crippen LogP contribution in [0, 0.1) is 5.41 Å². The third-order valence-corrected chi connectivity index (χ3v) is 3.58. The molecule has 1 saturated heterocycles. The Morgan fingerprint density at radius 3 is 2.10 bits per heavy atom.